The lowest BCUT2D eigenvalue weighted by Gasteiger charge is -2.07. The van der Waals surface area contributed by atoms with Crippen LogP contribution in [-0.4, -0.2) is 18.9 Å². The van der Waals surface area contributed by atoms with Gasteiger partial charge in [-0.15, -0.1) is 0 Å². The summed E-state index contributed by atoms with van der Waals surface area (Å²) in [6, 6.07) is 15.0. The van der Waals surface area contributed by atoms with Gasteiger partial charge in [0.15, 0.2) is 21.5 Å². The lowest BCUT2D eigenvalue weighted by Crippen LogP contribution is -2.18. The molecule has 5 nitrogen and oxygen atoms in total. The van der Waals surface area contributed by atoms with Gasteiger partial charge in [0.25, 0.3) is 0 Å². The van der Waals surface area contributed by atoms with Gasteiger partial charge in [-0.25, -0.2) is 21.6 Å². The molecule has 0 aliphatic heterocycles. The Labute approximate surface area is 182 Å². The molecule has 0 aliphatic carbocycles. The molecule has 0 saturated heterocycles. The number of benzene rings is 3. The van der Waals surface area contributed by atoms with Crippen LogP contribution >= 0.6 is 0 Å². The molecule has 1 amide bonds. The fourth-order valence-electron chi connectivity index (χ4n) is 3.44. The first-order valence-electron chi connectivity index (χ1n) is 9.53. The first kappa shape index (κ1) is 21.6. The quantitative estimate of drug-likeness (QED) is 0.457. The SMILES string of the molecule is O=C(Cn1cc(S(=O)(=O)Cc2cccc(F)c2)c2ccccc21)Nc1ccc(F)c(F)c1. The largest absolute Gasteiger partial charge is 0.337 e. The zero-order valence-corrected chi connectivity index (χ0v) is 17.4. The van der Waals surface area contributed by atoms with Crippen molar-refractivity contribution in [1.82, 2.24) is 4.57 Å². The topological polar surface area (TPSA) is 68.2 Å². The average molecular weight is 458 g/mol. The van der Waals surface area contributed by atoms with E-state index in [1.54, 1.807) is 24.3 Å². The van der Waals surface area contributed by atoms with Crippen molar-refractivity contribution >= 4 is 32.3 Å². The predicted molar refractivity (Wildman–Crippen MR) is 114 cm³/mol. The molecule has 0 fully saturated rings. The fourth-order valence-corrected chi connectivity index (χ4v) is 5.01. The molecule has 0 atom stereocenters. The van der Waals surface area contributed by atoms with Crippen LogP contribution < -0.4 is 5.32 Å². The van der Waals surface area contributed by atoms with Crippen molar-refractivity contribution in [2.45, 2.75) is 17.2 Å². The van der Waals surface area contributed by atoms with E-state index in [1.165, 1.54) is 35.0 Å². The number of amides is 1. The van der Waals surface area contributed by atoms with Gasteiger partial charge in [0, 0.05) is 28.9 Å². The van der Waals surface area contributed by atoms with Crippen molar-refractivity contribution in [1.29, 1.82) is 0 Å². The molecule has 164 valence electrons. The lowest BCUT2D eigenvalue weighted by molar-refractivity contribution is -0.116. The highest BCUT2D eigenvalue weighted by Crippen LogP contribution is 2.28. The van der Waals surface area contributed by atoms with E-state index in [-0.39, 0.29) is 17.1 Å². The summed E-state index contributed by atoms with van der Waals surface area (Å²) < 4.78 is 67.6. The van der Waals surface area contributed by atoms with E-state index in [0.29, 0.717) is 16.5 Å². The number of carbonyl (C=O) groups excluding carboxylic acids is 1. The summed E-state index contributed by atoms with van der Waals surface area (Å²) in [4.78, 5) is 12.5. The van der Waals surface area contributed by atoms with Crippen LogP contribution in [0.2, 0.25) is 0 Å². The molecule has 0 aliphatic rings. The first-order chi connectivity index (χ1) is 15.2. The van der Waals surface area contributed by atoms with Gasteiger partial charge in [0.1, 0.15) is 12.4 Å². The number of aromatic nitrogens is 1. The van der Waals surface area contributed by atoms with Crippen molar-refractivity contribution in [3.8, 4) is 0 Å². The van der Waals surface area contributed by atoms with Crippen LogP contribution in [0.4, 0.5) is 18.9 Å². The molecule has 0 saturated carbocycles. The Balaban J connectivity index is 1.63. The number of hydrogen-bond acceptors (Lipinski definition) is 3. The van der Waals surface area contributed by atoms with E-state index in [2.05, 4.69) is 5.32 Å². The predicted octanol–water partition coefficient (Wildman–Crippen LogP) is 4.67. The number of carbonyl (C=O) groups is 1. The molecule has 1 heterocycles. The van der Waals surface area contributed by atoms with Crippen LogP contribution in [-0.2, 0) is 26.9 Å². The number of nitrogens with zero attached hydrogens (tertiary/aromatic N) is 1. The first-order valence-corrected chi connectivity index (χ1v) is 11.2. The Morgan fingerprint density at radius 3 is 2.44 bits per heavy atom. The zero-order valence-electron chi connectivity index (χ0n) is 16.6. The van der Waals surface area contributed by atoms with Crippen LogP contribution in [0.25, 0.3) is 10.9 Å². The van der Waals surface area contributed by atoms with Gasteiger partial charge in [-0.05, 0) is 35.9 Å². The maximum atomic E-state index is 13.5. The Morgan fingerprint density at radius 2 is 1.69 bits per heavy atom. The van der Waals surface area contributed by atoms with Gasteiger partial charge >= 0.3 is 0 Å². The lowest BCUT2D eigenvalue weighted by atomic mass is 10.2. The second-order valence-corrected chi connectivity index (χ2v) is 9.16. The molecule has 3 aromatic carbocycles. The molecule has 0 bridgehead atoms. The molecule has 1 N–H and O–H groups in total. The number of rotatable bonds is 6. The number of fused-ring (bicyclic) bond motifs is 1. The van der Waals surface area contributed by atoms with Gasteiger partial charge < -0.3 is 9.88 Å². The highest BCUT2D eigenvalue weighted by Gasteiger charge is 2.22. The Hall–Kier alpha value is -3.59. The summed E-state index contributed by atoms with van der Waals surface area (Å²) in [5.41, 5.74) is 0.882. The van der Waals surface area contributed by atoms with Crippen molar-refractivity contribution in [3.05, 3.63) is 95.9 Å². The smallest absolute Gasteiger partial charge is 0.244 e. The zero-order chi connectivity index (χ0) is 22.9. The summed E-state index contributed by atoms with van der Waals surface area (Å²) in [5, 5.41) is 2.88. The normalized spacial score (nSPS) is 11.6. The molecule has 32 heavy (non-hydrogen) atoms. The minimum Gasteiger partial charge on any atom is -0.337 e. The Morgan fingerprint density at radius 1 is 0.906 bits per heavy atom. The minimum atomic E-state index is -3.85. The number of hydrogen-bond donors (Lipinski definition) is 1. The molecule has 9 heteroatoms. The van der Waals surface area contributed by atoms with Crippen molar-refractivity contribution in [2.75, 3.05) is 5.32 Å². The van der Waals surface area contributed by atoms with Crippen LogP contribution in [0.1, 0.15) is 5.56 Å². The number of anilines is 1. The maximum absolute atomic E-state index is 13.5. The van der Waals surface area contributed by atoms with Crippen LogP contribution in [0, 0.1) is 17.5 Å². The summed E-state index contributed by atoms with van der Waals surface area (Å²) >= 11 is 0. The number of nitrogens with one attached hydrogen (secondary N) is 1. The molecular formula is C23H17F3N2O3S. The van der Waals surface area contributed by atoms with Crippen molar-refractivity contribution in [2.24, 2.45) is 0 Å². The Kier molecular flexibility index (Phi) is 5.75. The molecule has 0 unspecified atom stereocenters. The molecule has 0 radical (unpaired) electrons. The van der Waals surface area contributed by atoms with Gasteiger partial charge in [-0.2, -0.15) is 0 Å². The van der Waals surface area contributed by atoms with E-state index in [4.69, 9.17) is 0 Å². The van der Waals surface area contributed by atoms with E-state index in [1.807, 2.05) is 0 Å². The van der Waals surface area contributed by atoms with Crippen LogP contribution in [0.5, 0.6) is 0 Å². The van der Waals surface area contributed by atoms with Crippen molar-refractivity contribution < 1.29 is 26.4 Å². The van der Waals surface area contributed by atoms with Gasteiger partial charge in [0.2, 0.25) is 5.91 Å². The second-order valence-electron chi connectivity index (χ2n) is 7.20. The van der Waals surface area contributed by atoms with Crippen molar-refractivity contribution in [3.63, 3.8) is 0 Å². The minimum absolute atomic E-state index is 0.0120. The Bertz CT molecular complexity index is 1430. The fraction of sp³-hybridized carbons (Fsp3) is 0.0870. The summed E-state index contributed by atoms with van der Waals surface area (Å²) in [6.45, 7) is -0.255. The third-order valence-electron chi connectivity index (χ3n) is 4.85. The molecule has 1 aromatic heterocycles. The molecule has 4 rings (SSSR count). The maximum Gasteiger partial charge on any atom is 0.244 e. The average Bonchev–Trinajstić information content (AvgIpc) is 3.10. The summed E-state index contributed by atoms with van der Waals surface area (Å²) in [7, 11) is -3.85. The van der Waals surface area contributed by atoms with Gasteiger partial charge in [0.05, 0.1) is 10.6 Å². The number of halogens is 3. The summed E-state index contributed by atoms with van der Waals surface area (Å²) in [5.74, 6) is -3.62. The van der Waals surface area contributed by atoms with Gasteiger partial charge in [-0.1, -0.05) is 30.3 Å². The summed E-state index contributed by atoms with van der Waals surface area (Å²) in [6.07, 6.45) is 1.35. The highest BCUT2D eigenvalue weighted by molar-refractivity contribution is 7.90. The van der Waals surface area contributed by atoms with E-state index < -0.39 is 38.9 Å². The third kappa shape index (κ3) is 4.52. The number of sulfone groups is 1. The third-order valence-corrected chi connectivity index (χ3v) is 6.56. The highest BCUT2D eigenvalue weighted by atomic mass is 32.2. The molecular weight excluding hydrogens is 441 g/mol. The van der Waals surface area contributed by atoms with Crippen LogP contribution in [0.15, 0.2) is 77.8 Å². The van der Waals surface area contributed by atoms with Gasteiger partial charge in [-0.3, -0.25) is 4.79 Å². The number of para-hydroxylation sites is 1. The van der Waals surface area contributed by atoms with E-state index >= 15 is 0 Å². The molecule has 4 aromatic rings. The van der Waals surface area contributed by atoms with E-state index in [0.717, 1.165) is 18.2 Å². The standard InChI is InChI=1S/C23H17F3N2O3S/c24-16-5-3-4-15(10-16)14-32(30,31)22-12-28(21-7-2-1-6-18(21)22)13-23(29)27-17-8-9-19(25)20(26)11-17/h1-12H,13-14H2,(H,27,29). The monoisotopic (exact) mass is 458 g/mol. The van der Waals surface area contributed by atoms with E-state index in [9.17, 15) is 26.4 Å². The van der Waals surface area contributed by atoms with Crippen LogP contribution in [0.3, 0.4) is 0 Å². The molecule has 0 spiro atoms. The second kappa shape index (κ2) is 8.51.